The van der Waals surface area contributed by atoms with Gasteiger partial charge in [-0.2, -0.15) is 0 Å². The van der Waals surface area contributed by atoms with E-state index in [0.29, 0.717) is 18.3 Å². The number of carbonyl (C=O) groups excluding carboxylic acids is 1. The standard InChI is InChI=1S/C22H31N5O2.HI/c1-17-11-15-29-20(17)21(28)24-12-7-13-25-22(23-2)26-18-8-6-14-27(16-18)19-9-4-3-5-10-19;/h3-5,9-11,15,18H,6-8,12-14,16H2,1-2H3,(H,24,28)(H2,23,25,26);1H. The Morgan fingerprint density at radius 2 is 1.97 bits per heavy atom. The number of amides is 1. The van der Waals surface area contributed by atoms with Crippen molar-refractivity contribution in [2.45, 2.75) is 32.2 Å². The zero-order valence-electron chi connectivity index (χ0n) is 17.7. The summed E-state index contributed by atoms with van der Waals surface area (Å²) in [5.74, 6) is 1.02. The van der Waals surface area contributed by atoms with Crippen molar-refractivity contribution in [3.8, 4) is 0 Å². The number of aliphatic imine (C=N–C) groups is 1. The molecular weight excluding hydrogens is 493 g/mol. The lowest BCUT2D eigenvalue weighted by molar-refractivity contribution is 0.0925. The van der Waals surface area contributed by atoms with Gasteiger partial charge in [-0.15, -0.1) is 24.0 Å². The first kappa shape index (κ1) is 24.0. The highest BCUT2D eigenvalue weighted by atomic mass is 127. The van der Waals surface area contributed by atoms with Crippen LogP contribution in [-0.2, 0) is 0 Å². The second kappa shape index (κ2) is 12.5. The van der Waals surface area contributed by atoms with E-state index < -0.39 is 0 Å². The van der Waals surface area contributed by atoms with Crippen LogP contribution in [0, 0.1) is 6.92 Å². The molecule has 30 heavy (non-hydrogen) atoms. The van der Waals surface area contributed by atoms with Crippen molar-refractivity contribution < 1.29 is 9.21 Å². The van der Waals surface area contributed by atoms with Gasteiger partial charge in [-0.05, 0) is 44.4 Å². The molecule has 1 fully saturated rings. The zero-order valence-corrected chi connectivity index (χ0v) is 20.0. The molecule has 2 aromatic rings. The van der Waals surface area contributed by atoms with Gasteiger partial charge in [-0.1, -0.05) is 18.2 Å². The SMILES string of the molecule is CN=C(NCCCNC(=O)c1occc1C)NC1CCCN(c2ccccc2)C1.I. The third-order valence-corrected chi connectivity index (χ3v) is 5.11. The fraction of sp³-hybridized carbons (Fsp3) is 0.455. The van der Waals surface area contributed by atoms with E-state index in [2.05, 4.69) is 50.1 Å². The van der Waals surface area contributed by atoms with Gasteiger partial charge in [0.05, 0.1) is 6.26 Å². The van der Waals surface area contributed by atoms with E-state index in [-0.39, 0.29) is 29.9 Å². The Balaban J connectivity index is 0.00000320. The third kappa shape index (κ3) is 6.93. The summed E-state index contributed by atoms with van der Waals surface area (Å²) < 4.78 is 5.20. The second-order valence-electron chi connectivity index (χ2n) is 7.31. The molecule has 2 heterocycles. The molecule has 8 heteroatoms. The summed E-state index contributed by atoms with van der Waals surface area (Å²) in [4.78, 5) is 18.8. The molecule has 1 unspecified atom stereocenters. The van der Waals surface area contributed by atoms with E-state index in [1.165, 1.54) is 12.0 Å². The minimum absolute atomic E-state index is 0. The first-order valence-electron chi connectivity index (χ1n) is 10.3. The Hall–Kier alpha value is -2.23. The molecule has 1 aromatic carbocycles. The number of nitrogens with one attached hydrogen (secondary N) is 3. The van der Waals surface area contributed by atoms with Crippen LogP contribution < -0.4 is 20.9 Å². The summed E-state index contributed by atoms with van der Waals surface area (Å²) in [6.45, 7) is 5.21. The molecule has 3 rings (SSSR count). The summed E-state index contributed by atoms with van der Waals surface area (Å²) >= 11 is 0. The Kier molecular flexibility index (Phi) is 9.99. The molecule has 1 aliphatic heterocycles. The first-order valence-corrected chi connectivity index (χ1v) is 10.3. The van der Waals surface area contributed by atoms with Gasteiger partial charge in [0.25, 0.3) is 5.91 Å². The van der Waals surface area contributed by atoms with Crippen molar-refractivity contribution in [2.75, 3.05) is 38.1 Å². The molecule has 1 aliphatic rings. The highest BCUT2D eigenvalue weighted by Gasteiger charge is 2.20. The summed E-state index contributed by atoms with van der Waals surface area (Å²) in [7, 11) is 1.79. The lowest BCUT2D eigenvalue weighted by atomic mass is 10.1. The van der Waals surface area contributed by atoms with Crippen LogP contribution in [0.3, 0.4) is 0 Å². The number of halogens is 1. The largest absolute Gasteiger partial charge is 0.459 e. The molecular formula is C22H32IN5O2. The molecule has 1 amide bonds. The maximum atomic E-state index is 12.0. The number of hydrogen-bond acceptors (Lipinski definition) is 4. The van der Waals surface area contributed by atoms with Gasteiger partial charge >= 0.3 is 0 Å². The number of guanidine groups is 1. The van der Waals surface area contributed by atoms with Crippen LogP contribution >= 0.6 is 24.0 Å². The minimum atomic E-state index is -0.168. The topological polar surface area (TPSA) is 81.9 Å². The van der Waals surface area contributed by atoms with Gasteiger partial charge in [0.15, 0.2) is 11.7 Å². The van der Waals surface area contributed by atoms with E-state index in [1.807, 2.05) is 13.0 Å². The van der Waals surface area contributed by atoms with Crippen molar-refractivity contribution in [3.63, 3.8) is 0 Å². The van der Waals surface area contributed by atoms with E-state index in [9.17, 15) is 4.79 Å². The van der Waals surface area contributed by atoms with E-state index in [0.717, 1.165) is 50.4 Å². The number of furan rings is 1. The van der Waals surface area contributed by atoms with Crippen LogP contribution in [0.1, 0.15) is 35.4 Å². The van der Waals surface area contributed by atoms with Crippen LogP contribution in [-0.4, -0.2) is 51.1 Å². The van der Waals surface area contributed by atoms with Gasteiger partial charge < -0.3 is 25.3 Å². The zero-order chi connectivity index (χ0) is 20.5. The summed E-state index contributed by atoms with van der Waals surface area (Å²) in [5.41, 5.74) is 2.12. The van der Waals surface area contributed by atoms with Crippen molar-refractivity contribution in [2.24, 2.45) is 4.99 Å². The Morgan fingerprint density at radius 3 is 2.67 bits per heavy atom. The normalized spacial score (nSPS) is 16.5. The van der Waals surface area contributed by atoms with Crippen LogP contribution in [0.15, 0.2) is 52.1 Å². The number of para-hydroxylation sites is 1. The van der Waals surface area contributed by atoms with E-state index >= 15 is 0 Å². The maximum Gasteiger partial charge on any atom is 0.287 e. The average molecular weight is 525 g/mol. The molecule has 1 atom stereocenters. The molecule has 0 bridgehead atoms. The Morgan fingerprint density at radius 1 is 1.20 bits per heavy atom. The van der Waals surface area contributed by atoms with Gasteiger partial charge in [0.2, 0.25) is 0 Å². The molecule has 1 aromatic heterocycles. The number of benzene rings is 1. The monoisotopic (exact) mass is 525 g/mol. The Bertz CT molecular complexity index is 809. The number of rotatable bonds is 7. The molecule has 0 saturated carbocycles. The maximum absolute atomic E-state index is 12.0. The molecule has 7 nitrogen and oxygen atoms in total. The third-order valence-electron chi connectivity index (χ3n) is 5.11. The average Bonchev–Trinajstić information content (AvgIpc) is 3.19. The van der Waals surface area contributed by atoms with Gasteiger partial charge in [0.1, 0.15) is 0 Å². The molecule has 164 valence electrons. The Labute approximate surface area is 195 Å². The summed E-state index contributed by atoms with van der Waals surface area (Å²) in [6.07, 6.45) is 4.61. The second-order valence-corrected chi connectivity index (χ2v) is 7.31. The van der Waals surface area contributed by atoms with Crippen LogP contribution in [0.4, 0.5) is 5.69 Å². The number of hydrogen-bond donors (Lipinski definition) is 3. The lowest BCUT2D eigenvalue weighted by Crippen LogP contribution is -2.51. The van der Waals surface area contributed by atoms with Crippen molar-refractivity contribution in [1.29, 1.82) is 0 Å². The number of carbonyl (C=O) groups is 1. The predicted octanol–water partition coefficient (Wildman–Crippen LogP) is 3.16. The summed E-state index contributed by atoms with van der Waals surface area (Å²) in [5, 5.41) is 9.75. The minimum Gasteiger partial charge on any atom is -0.459 e. The van der Waals surface area contributed by atoms with Crippen LogP contribution in [0.2, 0.25) is 0 Å². The van der Waals surface area contributed by atoms with Gasteiger partial charge in [-0.3, -0.25) is 9.79 Å². The smallest absolute Gasteiger partial charge is 0.287 e. The lowest BCUT2D eigenvalue weighted by Gasteiger charge is -2.35. The number of nitrogens with zero attached hydrogens (tertiary/aromatic N) is 2. The first-order chi connectivity index (χ1) is 14.2. The summed E-state index contributed by atoms with van der Waals surface area (Å²) in [6, 6.07) is 12.7. The molecule has 0 radical (unpaired) electrons. The number of piperidine rings is 1. The fourth-order valence-corrected chi connectivity index (χ4v) is 3.54. The molecule has 1 saturated heterocycles. The van der Waals surface area contributed by atoms with Gasteiger partial charge in [-0.25, -0.2) is 0 Å². The number of aryl methyl sites for hydroxylation is 1. The number of anilines is 1. The highest BCUT2D eigenvalue weighted by Crippen LogP contribution is 2.19. The molecule has 0 spiro atoms. The highest BCUT2D eigenvalue weighted by molar-refractivity contribution is 14.0. The van der Waals surface area contributed by atoms with Crippen molar-refractivity contribution in [3.05, 3.63) is 54.0 Å². The molecule has 3 N–H and O–H groups in total. The van der Waals surface area contributed by atoms with Crippen molar-refractivity contribution >= 4 is 41.5 Å². The van der Waals surface area contributed by atoms with E-state index in [4.69, 9.17) is 4.42 Å². The predicted molar refractivity (Wildman–Crippen MR) is 132 cm³/mol. The van der Waals surface area contributed by atoms with Crippen LogP contribution in [0.5, 0.6) is 0 Å². The van der Waals surface area contributed by atoms with E-state index in [1.54, 1.807) is 13.1 Å². The molecule has 0 aliphatic carbocycles. The van der Waals surface area contributed by atoms with Crippen molar-refractivity contribution in [1.82, 2.24) is 16.0 Å². The fourth-order valence-electron chi connectivity index (χ4n) is 3.54. The quantitative estimate of drug-likeness (QED) is 0.224. The van der Waals surface area contributed by atoms with Gasteiger partial charge in [0, 0.05) is 50.5 Å². The van der Waals surface area contributed by atoms with Crippen LogP contribution in [0.25, 0.3) is 0 Å².